The molecule has 0 radical (unpaired) electrons. The van der Waals surface area contributed by atoms with E-state index >= 15 is 0 Å². The summed E-state index contributed by atoms with van der Waals surface area (Å²) in [5.41, 5.74) is 2.21. The van der Waals surface area contributed by atoms with E-state index in [1.807, 2.05) is 18.2 Å². The van der Waals surface area contributed by atoms with Crippen molar-refractivity contribution in [3.8, 4) is 5.75 Å². The molecule has 0 spiro atoms. The number of anilines is 1. The van der Waals surface area contributed by atoms with E-state index in [1.165, 1.54) is 16.9 Å². The van der Waals surface area contributed by atoms with E-state index in [-0.39, 0.29) is 17.9 Å². The molecule has 1 N–H and O–H groups in total. The SMILES string of the molecule is CC(C)(C)c1ccc2nc(NC(=O)COc3ccc(Br)cc3Br)sc2c1. The number of nitrogens with zero attached hydrogens (tertiary/aromatic N) is 1. The first kappa shape index (κ1) is 19.3. The highest BCUT2D eigenvalue weighted by molar-refractivity contribution is 9.11. The van der Waals surface area contributed by atoms with Crippen molar-refractivity contribution >= 4 is 64.5 Å². The Balaban J connectivity index is 1.67. The van der Waals surface area contributed by atoms with Crippen LogP contribution in [0.25, 0.3) is 10.2 Å². The smallest absolute Gasteiger partial charge is 0.264 e. The monoisotopic (exact) mass is 496 g/mol. The van der Waals surface area contributed by atoms with Crippen LogP contribution in [0, 0.1) is 0 Å². The molecule has 3 rings (SSSR count). The molecule has 0 bridgehead atoms. The molecular formula is C19H18Br2N2O2S. The fraction of sp³-hybridized carbons (Fsp3) is 0.263. The average Bonchev–Trinajstić information content (AvgIpc) is 2.94. The van der Waals surface area contributed by atoms with E-state index in [9.17, 15) is 4.79 Å². The molecule has 0 saturated heterocycles. The van der Waals surface area contributed by atoms with Crippen LogP contribution in [-0.2, 0) is 10.2 Å². The minimum absolute atomic E-state index is 0.0769. The van der Waals surface area contributed by atoms with Gasteiger partial charge in [0.05, 0.1) is 14.7 Å². The number of ether oxygens (including phenoxy) is 1. The Morgan fingerprint density at radius 1 is 1.19 bits per heavy atom. The van der Waals surface area contributed by atoms with Gasteiger partial charge in [0.25, 0.3) is 5.91 Å². The van der Waals surface area contributed by atoms with Crippen molar-refractivity contribution in [1.82, 2.24) is 4.98 Å². The number of aromatic nitrogens is 1. The van der Waals surface area contributed by atoms with Crippen molar-refractivity contribution in [2.45, 2.75) is 26.2 Å². The Morgan fingerprint density at radius 2 is 1.96 bits per heavy atom. The van der Waals surface area contributed by atoms with Crippen LogP contribution in [0.3, 0.4) is 0 Å². The van der Waals surface area contributed by atoms with Gasteiger partial charge in [0.2, 0.25) is 0 Å². The summed E-state index contributed by atoms with van der Waals surface area (Å²) >= 11 is 8.26. The van der Waals surface area contributed by atoms with Gasteiger partial charge in [0, 0.05) is 4.47 Å². The minimum Gasteiger partial charge on any atom is -0.483 e. The zero-order valence-corrected chi connectivity index (χ0v) is 18.6. The molecule has 136 valence electrons. The quantitative estimate of drug-likeness (QED) is 0.471. The highest BCUT2D eigenvalue weighted by Crippen LogP contribution is 2.31. The molecule has 3 aromatic rings. The molecule has 0 aliphatic heterocycles. The van der Waals surface area contributed by atoms with Gasteiger partial charge in [0.15, 0.2) is 11.7 Å². The molecule has 0 saturated carbocycles. The number of halogens is 2. The number of nitrogens with one attached hydrogen (secondary N) is 1. The molecule has 1 heterocycles. The van der Waals surface area contributed by atoms with Gasteiger partial charge in [-0.3, -0.25) is 10.1 Å². The first-order chi connectivity index (χ1) is 12.2. The van der Waals surface area contributed by atoms with E-state index in [0.717, 1.165) is 19.2 Å². The van der Waals surface area contributed by atoms with Crippen LogP contribution < -0.4 is 10.1 Å². The van der Waals surface area contributed by atoms with Crippen LogP contribution in [0.1, 0.15) is 26.3 Å². The van der Waals surface area contributed by atoms with Gasteiger partial charge in [-0.1, -0.05) is 54.1 Å². The second-order valence-corrected chi connectivity index (χ2v) is 9.66. The Labute approximate surface area is 173 Å². The fourth-order valence-corrected chi connectivity index (χ4v) is 4.42. The van der Waals surface area contributed by atoms with E-state index in [2.05, 4.69) is 75.1 Å². The Morgan fingerprint density at radius 3 is 2.65 bits per heavy atom. The summed E-state index contributed by atoms with van der Waals surface area (Å²) in [6, 6.07) is 11.7. The lowest BCUT2D eigenvalue weighted by atomic mass is 9.87. The third-order valence-electron chi connectivity index (χ3n) is 3.75. The maximum atomic E-state index is 12.2. The molecule has 0 unspecified atom stereocenters. The normalized spacial score (nSPS) is 11.6. The Hall–Kier alpha value is -1.44. The highest BCUT2D eigenvalue weighted by Gasteiger charge is 2.16. The van der Waals surface area contributed by atoms with E-state index in [1.54, 1.807) is 6.07 Å². The van der Waals surface area contributed by atoms with Gasteiger partial charge >= 0.3 is 0 Å². The van der Waals surface area contributed by atoms with Crippen LogP contribution in [0.4, 0.5) is 5.13 Å². The maximum absolute atomic E-state index is 12.2. The van der Waals surface area contributed by atoms with Crippen molar-refractivity contribution in [3.63, 3.8) is 0 Å². The van der Waals surface area contributed by atoms with Gasteiger partial charge in [-0.25, -0.2) is 4.98 Å². The van der Waals surface area contributed by atoms with Crippen LogP contribution in [0.5, 0.6) is 5.75 Å². The maximum Gasteiger partial charge on any atom is 0.264 e. The van der Waals surface area contributed by atoms with Crippen LogP contribution in [0.2, 0.25) is 0 Å². The number of benzene rings is 2. The second kappa shape index (κ2) is 7.66. The summed E-state index contributed by atoms with van der Waals surface area (Å²) in [6.45, 7) is 6.45. The molecule has 0 atom stereocenters. The second-order valence-electron chi connectivity index (χ2n) is 6.86. The number of amides is 1. The van der Waals surface area contributed by atoms with Crippen LogP contribution in [0.15, 0.2) is 45.3 Å². The van der Waals surface area contributed by atoms with Crippen LogP contribution in [-0.4, -0.2) is 17.5 Å². The van der Waals surface area contributed by atoms with E-state index in [4.69, 9.17) is 4.74 Å². The molecule has 7 heteroatoms. The zero-order chi connectivity index (χ0) is 18.9. The molecule has 0 aliphatic carbocycles. The van der Waals surface area contributed by atoms with Crippen molar-refractivity contribution in [1.29, 1.82) is 0 Å². The van der Waals surface area contributed by atoms with Crippen molar-refractivity contribution in [2.24, 2.45) is 0 Å². The predicted molar refractivity (Wildman–Crippen MR) is 114 cm³/mol. The summed E-state index contributed by atoms with van der Waals surface area (Å²) in [5.74, 6) is 0.373. The number of fused-ring (bicyclic) bond motifs is 1. The number of carbonyl (C=O) groups is 1. The van der Waals surface area contributed by atoms with Gasteiger partial charge < -0.3 is 4.74 Å². The lowest BCUT2D eigenvalue weighted by molar-refractivity contribution is -0.118. The first-order valence-electron chi connectivity index (χ1n) is 8.01. The summed E-state index contributed by atoms with van der Waals surface area (Å²) in [5, 5.41) is 3.39. The lowest BCUT2D eigenvalue weighted by Gasteiger charge is -2.18. The number of hydrogen-bond donors (Lipinski definition) is 1. The molecular weight excluding hydrogens is 480 g/mol. The van der Waals surface area contributed by atoms with Gasteiger partial charge in [-0.15, -0.1) is 0 Å². The average molecular weight is 498 g/mol. The van der Waals surface area contributed by atoms with Gasteiger partial charge in [-0.2, -0.15) is 0 Å². The predicted octanol–water partition coefficient (Wildman–Crippen LogP) is 6.14. The van der Waals surface area contributed by atoms with Crippen molar-refractivity contribution in [2.75, 3.05) is 11.9 Å². The highest BCUT2D eigenvalue weighted by atomic mass is 79.9. The summed E-state index contributed by atoms with van der Waals surface area (Å²) in [6.07, 6.45) is 0. The molecule has 4 nitrogen and oxygen atoms in total. The van der Waals surface area contributed by atoms with Crippen molar-refractivity contribution in [3.05, 3.63) is 50.9 Å². The minimum atomic E-state index is -0.241. The first-order valence-corrected chi connectivity index (χ1v) is 10.4. The number of rotatable bonds is 4. The number of carbonyl (C=O) groups excluding carboxylic acids is 1. The lowest BCUT2D eigenvalue weighted by Crippen LogP contribution is -2.20. The summed E-state index contributed by atoms with van der Waals surface area (Å²) in [7, 11) is 0. The largest absolute Gasteiger partial charge is 0.483 e. The summed E-state index contributed by atoms with van der Waals surface area (Å²) in [4.78, 5) is 16.6. The third kappa shape index (κ3) is 4.64. The fourth-order valence-electron chi connectivity index (χ4n) is 2.34. The number of thiazole rings is 1. The summed E-state index contributed by atoms with van der Waals surface area (Å²) < 4.78 is 8.34. The van der Waals surface area contributed by atoms with Crippen LogP contribution >= 0.6 is 43.2 Å². The van der Waals surface area contributed by atoms with Gasteiger partial charge in [0.1, 0.15) is 5.75 Å². The molecule has 1 aromatic heterocycles. The molecule has 1 amide bonds. The Kier molecular flexibility index (Phi) is 5.69. The standard InChI is InChI=1S/C19H18Br2N2O2S/c1-19(2,3)11-4-6-14-16(8-11)26-18(22-14)23-17(24)10-25-15-7-5-12(20)9-13(15)21/h4-9H,10H2,1-3H3,(H,22,23,24). The molecule has 0 aliphatic rings. The molecule has 0 fully saturated rings. The van der Waals surface area contributed by atoms with Crippen molar-refractivity contribution < 1.29 is 9.53 Å². The van der Waals surface area contributed by atoms with E-state index in [0.29, 0.717) is 10.9 Å². The van der Waals surface area contributed by atoms with E-state index < -0.39 is 0 Å². The Bertz CT molecular complexity index is 964. The molecule has 2 aromatic carbocycles. The van der Waals surface area contributed by atoms with Gasteiger partial charge in [-0.05, 0) is 57.2 Å². The zero-order valence-electron chi connectivity index (χ0n) is 14.6. The number of hydrogen-bond acceptors (Lipinski definition) is 4. The topological polar surface area (TPSA) is 51.2 Å². The third-order valence-corrected chi connectivity index (χ3v) is 5.80. The molecule has 26 heavy (non-hydrogen) atoms.